The molecule has 0 aliphatic rings. The normalized spacial score (nSPS) is 14.2. The lowest BCUT2D eigenvalue weighted by atomic mass is 10.0. The lowest BCUT2D eigenvalue weighted by molar-refractivity contribution is -0.141. The molecule has 0 radical (unpaired) electrons. The maximum absolute atomic E-state index is 10.9. The van der Waals surface area contributed by atoms with Gasteiger partial charge in [0.1, 0.15) is 0 Å². The van der Waals surface area contributed by atoms with Crippen molar-refractivity contribution in [2.24, 2.45) is 5.92 Å². The SMILES string of the molecule is CC/C=C\C/C=C/C/C=C/C/C=C/C/C=C/C/C=C/CC(CC)C(=O)O. The first kappa shape index (κ1) is 23.9. The fourth-order valence-electron chi connectivity index (χ4n) is 2.22. The van der Waals surface area contributed by atoms with Crippen molar-refractivity contribution in [1.82, 2.24) is 0 Å². The summed E-state index contributed by atoms with van der Waals surface area (Å²) in [6.07, 6.45) is 33.1. The molecule has 2 nitrogen and oxygen atoms in total. The Bertz CT molecular complexity index is 504. The Kier molecular flexibility index (Phi) is 17.7. The first-order valence-electron chi connectivity index (χ1n) is 9.85. The summed E-state index contributed by atoms with van der Waals surface area (Å²) in [5, 5.41) is 8.95. The third kappa shape index (κ3) is 16.8. The predicted octanol–water partition coefficient (Wildman–Crippen LogP) is 7.19. The number of rotatable bonds is 15. The van der Waals surface area contributed by atoms with Gasteiger partial charge in [0.15, 0.2) is 0 Å². The molecule has 144 valence electrons. The first-order chi connectivity index (χ1) is 12.7. The molecular weight excluding hydrogens is 320 g/mol. The molecule has 0 heterocycles. The van der Waals surface area contributed by atoms with Crippen LogP contribution in [-0.4, -0.2) is 11.1 Å². The second kappa shape index (κ2) is 19.2. The van der Waals surface area contributed by atoms with Crippen molar-refractivity contribution >= 4 is 5.97 Å². The van der Waals surface area contributed by atoms with Crippen molar-refractivity contribution in [3.63, 3.8) is 0 Å². The standard InChI is InChI=1S/C24H36O2/c1-3-5-6-7-8-9-10-11-12-13-14-15-16-17-18-19-20-21-22-23(4-2)24(25)26/h5-6,8-9,11-12,14-15,17-18,20-21,23H,3-4,7,10,13,16,19,22H2,1-2H3,(H,25,26)/b6-5-,9-8+,12-11+,15-14+,18-17+,21-20+. The van der Waals surface area contributed by atoms with Gasteiger partial charge in [0.25, 0.3) is 0 Å². The molecule has 1 unspecified atom stereocenters. The highest BCUT2D eigenvalue weighted by Gasteiger charge is 2.11. The number of hydrogen-bond donors (Lipinski definition) is 1. The van der Waals surface area contributed by atoms with Crippen LogP contribution in [0.25, 0.3) is 0 Å². The molecule has 0 aliphatic carbocycles. The Hall–Kier alpha value is -2.09. The van der Waals surface area contributed by atoms with E-state index in [4.69, 9.17) is 5.11 Å². The summed E-state index contributed by atoms with van der Waals surface area (Å²) < 4.78 is 0. The third-order valence-electron chi connectivity index (χ3n) is 3.86. The number of carbonyl (C=O) groups is 1. The number of hydrogen-bond acceptors (Lipinski definition) is 1. The topological polar surface area (TPSA) is 37.3 Å². The van der Waals surface area contributed by atoms with E-state index in [0.29, 0.717) is 12.8 Å². The van der Waals surface area contributed by atoms with Gasteiger partial charge in [-0.15, -0.1) is 0 Å². The molecule has 0 spiro atoms. The molecule has 1 atom stereocenters. The quantitative estimate of drug-likeness (QED) is 0.315. The summed E-state index contributed by atoms with van der Waals surface area (Å²) >= 11 is 0. The van der Waals surface area contributed by atoms with Crippen molar-refractivity contribution in [1.29, 1.82) is 0 Å². The molecule has 0 fully saturated rings. The molecule has 0 aromatic rings. The largest absolute Gasteiger partial charge is 0.481 e. The van der Waals surface area contributed by atoms with E-state index in [2.05, 4.69) is 67.7 Å². The van der Waals surface area contributed by atoms with Crippen molar-refractivity contribution in [3.8, 4) is 0 Å². The van der Waals surface area contributed by atoms with E-state index in [1.165, 1.54) is 0 Å². The molecule has 0 bridgehead atoms. The van der Waals surface area contributed by atoms with E-state index in [-0.39, 0.29) is 5.92 Å². The van der Waals surface area contributed by atoms with E-state index in [0.717, 1.165) is 38.5 Å². The zero-order valence-corrected chi connectivity index (χ0v) is 16.5. The number of aliphatic carboxylic acids is 1. The van der Waals surface area contributed by atoms with Gasteiger partial charge in [-0.25, -0.2) is 0 Å². The lowest BCUT2D eigenvalue weighted by Gasteiger charge is -2.04. The Morgan fingerprint density at radius 2 is 1.00 bits per heavy atom. The molecule has 2 heteroatoms. The molecule has 0 saturated carbocycles. The van der Waals surface area contributed by atoms with E-state index in [1.807, 2.05) is 19.1 Å². The van der Waals surface area contributed by atoms with Crippen molar-refractivity contribution < 1.29 is 9.90 Å². The number of carboxylic acids is 1. The molecule has 26 heavy (non-hydrogen) atoms. The van der Waals surface area contributed by atoms with Gasteiger partial charge in [-0.2, -0.15) is 0 Å². The molecular formula is C24H36O2. The smallest absolute Gasteiger partial charge is 0.306 e. The third-order valence-corrected chi connectivity index (χ3v) is 3.86. The van der Waals surface area contributed by atoms with E-state index in [1.54, 1.807) is 0 Å². The van der Waals surface area contributed by atoms with Crippen LogP contribution in [0.15, 0.2) is 72.9 Å². The van der Waals surface area contributed by atoms with Crippen LogP contribution in [0.2, 0.25) is 0 Å². The molecule has 0 saturated heterocycles. The molecule has 0 aromatic carbocycles. The zero-order valence-electron chi connectivity index (χ0n) is 16.5. The molecule has 1 N–H and O–H groups in total. The number of allylic oxidation sites excluding steroid dienone is 12. The Morgan fingerprint density at radius 1 is 0.654 bits per heavy atom. The summed E-state index contributed by atoms with van der Waals surface area (Å²) in [6.45, 7) is 4.06. The van der Waals surface area contributed by atoms with Crippen LogP contribution < -0.4 is 0 Å². The summed E-state index contributed by atoms with van der Waals surface area (Å²) in [5.74, 6) is -0.952. The minimum Gasteiger partial charge on any atom is -0.481 e. The minimum atomic E-state index is -0.702. The average Bonchev–Trinajstić information content (AvgIpc) is 2.63. The molecule has 0 amide bonds. The van der Waals surface area contributed by atoms with Gasteiger partial charge >= 0.3 is 5.97 Å². The van der Waals surface area contributed by atoms with E-state index in [9.17, 15) is 4.79 Å². The minimum absolute atomic E-state index is 0.250. The highest BCUT2D eigenvalue weighted by molar-refractivity contribution is 5.70. The molecule has 0 aromatic heterocycles. The van der Waals surface area contributed by atoms with Crippen LogP contribution in [0.5, 0.6) is 0 Å². The summed E-state index contributed by atoms with van der Waals surface area (Å²) in [7, 11) is 0. The van der Waals surface area contributed by atoms with Crippen LogP contribution >= 0.6 is 0 Å². The van der Waals surface area contributed by atoms with Crippen molar-refractivity contribution in [3.05, 3.63) is 72.9 Å². The van der Waals surface area contributed by atoms with Crippen molar-refractivity contribution in [2.45, 2.75) is 65.2 Å². The average molecular weight is 357 g/mol. The highest BCUT2D eigenvalue weighted by atomic mass is 16.4. The maximum atomic E-state index is 10.9. The van der Waals surface area contributed by atoms with Gasteiger partial charge in [-0.1, -0.05) is 86.8 Å². The fourth-order valence-corrected chi connectivity index (χ4v) is 2.22. The molecule has 0 rings (SSSR count). The maximum Gasteiger partial charge on any atom is 0.306 e. The highest BCUT2D eigenvalue weighted by Crippen LogP contribution is 2.09. The Morgan fingerprint density at radius 3 is 1.31 bits per heavy atom. The van der Waals surface area contributed by atoms with Crippen molar-refractivity contribution in [2.75, 3.05) is 0 Å². The van der Waals surface area contributed by atoms with Gasteiger partial charge in [-0.3, -0.25) is 4.79 Å². The van der Waals surface area contributed by atoms with Gasteiger partial charge in [0.2, 0.25) is 0 Å². The summed E-state index contributed by atoms with van der Waals surface area (Å²) in [5.41, 5.74) is 0. The second-order valence-corrected chi connectivity index (χ2v) is 6.09. The second-order valence-electron chi connectivity index (χ2n) is 6.09. The summed E-state index contributed by atoms with van der Waals surface area (Å²) in [4.78, 5) is 10.9. The fraction of sp³-hybridized carbons (Fsp3) is 0.458. The van der Waals surface area contributed by atoms with Crippen LogP contribution in [0.4, 0.5) is 0 Å². The van der Waals surface area contributed by atoms with Gasteiger partial charge in [0.05, 0.1) is 5.92 Å². The van der Waals surface area contributed by atoms with Crippen LogP contribution in [0.1, 0.15) is 65.2 Å². The monoisotopic (exact) mass is 356 g/mol. The van der Waals surface area contributed by atoms with Gasteiger partial charge in [0, 0.05) is 0 Å². The summed E-state index contributed by atoms with van der Waals surface area (Å²) in [6, 6.07) is 0. The van der Waals surface area contributed by atoms with E-state index < -0.39 is 5.97 Å². The van der Waals surface area contributed by atoms with Crippen LogP contribution in [0.3, 0.4) is 0 Å². The number of carboxylic acid groups (broad SMARTS) is 1. The van der Waals surface area contributed by atoms with E-state index >= 15 is 0 Å². The molecule has 0 aliphatic heterocycles. The first-order valence-corrected chi connectivity index (χ1v) is 9.85. The van der Waals surface area contributed by atoms with Crippen LogP contribution in [0, 0.1) is 5.92 Å². The lowest BCUT2D eigenvalue weighted by Crippen LogP contribution is -2.11. The Balaban J connectivity index is 3.65. The Labute approximate surface area is 160 Å². The predicted molar refractivity (Wildman–Crippen MR) is 114 cm³/mol. The van der Waals surface area contributed by atoms with Gasteiger partial charge < -0.3 is 5.11 Å². The zero-order chi connectivity index (χ0) is 19.3. The van der Waals surface area contributed by atoms with Crippen LogP contribution in [-0.2, 0) is 4.79 Å². The van der Waals surface area contributed by atoms with Gasteiger partial charge in [-0.05, 0) is 51.4 Å².